The van der Waals surface area contributed by atoms with Crippen molar-refractivity contribution in [3.8, 4) is 0 Å². The number of carbonyl (C=O) groups excluding carboxylic acids is 1. The molecule has 2 aliphatic rings. The third-order valence-corrected chi connectivity index (χ3v) is 3.73. The Morgan fingerprint density at radius 1 is 0.963 bits per heavy atom. The van der Waals surface area contributed by atoms with Gasteiger partial charge >= 0.3 is 12.1 Å². The normalized spacial score (nSPS) is 31.7. The summed E-state index contributed by atoms with van der Waals surface area (Å²) in [6.07, 6.45) is -11.3. The predicted octanol–water partition coefficient (Wildman–Crippen LogP) is 3.58. The SMILES string of the molecule is CC1(C)CO[C@H](C2OC(C)(C)O[C@H]2C(=O)/C(F)=C(\F)C(F)(F)C(F)(F)F)O1. The van der Waals surface area contributed by atoms with E-state index in [9.17, 15) is 35.5 Å². The molecule has 0 amide bonds. The molecule has 0 spiro atoms. The lowest BCUT2D eigenvalue weighted by molar-refractivity contribution is -0.271. The minimum Gasteiger partial charge on any atom is -0.347 e. The molecule has 0 saturated carbocycles. The van der Waals surface area contributed by atoms with Gasteiger partial charge in [-0.1, -0.05) is 0 Å². The van der Waals surface area contributed by atoms with Crippen LogP contribution in [0, 0.1) is 0 Å². The summed E-state index contributed by atoms with van der Waals surface area (Å²) in [5.74, 6) is -16.3. The quantitative estimate of drug-likeness (QED) is 0.524. The summed E-state index contributed by atoms with van der Waals surface area (Å²) in [4.78, 5) is 12.1. The fourth-order valence-corrected chi connectivity index (χ4v) is 2.51. The third kappa shape index (κ3) is 4.28. The van der Waals surface area contributed by atoms with Crippen molar-refractivity contribution in [3.05, 3.63) is 11.7 Å². The molecule has 1 unspecified atom stereocenters. The van der Waals surface area contributed by atoms with E-state index < -0.39 is 59.4 Å². The molecule has 2 fully saturated rings. The molecule has 2 saturated heterocycles. The van der Waals surface area contributed by atoms with Crippen LogP contribution in [0.2, 0.25) is 0 Å². The lowest BCUT2D eigenvalue weighted by atomic mass is 10.1. The molecule has 5 nitrogen and oxygen atoms in total. The van der Waals surface area contributed by atoms with Gasteiger partial charge in [-0.3, -0.25) is 4.79 Å². The second-order valence-electron chi connectivity index (χ2n) is 7.14. The Bertz CT molecular complexity index is 641. The van der Waals surface area contributed by atoms with Crippen molar-refractivity contribution < 1.29 is 54.5 Å². The summed E-state index contributed by atoms with van der Waals surface area (Å²) in [5, 5.41) is 0. The van der Waals surface area contributed by atoms with Gasteiger partial charge in [0, 0.05) is 0 Å². The second kappa shape index (κ2) is 6.68. The number of alkyl halides is 5. The minimum absolute atomic E-state index is 0.0255. The average Bonchev–Trinajstić information content (AvgIpc) is 3.02. The molecule has 0 aromatic rings. The molecule has 0 aromatic heterocycles. The van der Waals surface area contributed by atoms with Crippen LogP contribution in [0.5, 0.6) is 0 Å². The molecular weight excluding hydrogens is 393 g/mol. The Balaban J connectivity index is 2.33. The first-order chi connectivity index (χ1) is 12.0. The molecule has 0 bridgehead atoms. The summed E-state index contributed by atoms with van der Waals surface area (Å²) in [7, 11) is 0. The number of Topliss-reactive ketones (excluding diaryl/α,β-unsaturated/α-hetero) is 1. The molecule has 0 N–H and O–H groups in total. The Morgan fingerprint density at radius 3 is 1.96 bits per heavy atom. The summed E-state index contributed by atoms with van der Waals surface area (Å²) in [6.45, 7) is 5.78. The van der Waals surface area contributed by atoms with E-state index in [0.29, 0.717) is 0 Å². The summed E-state index contributed by atoms with van der Waals surface area (Å²) >= 11 is 0. The van der Waals surface area contributed by atoms with E-state index in [1.165, 1.54) is 13.8 Å². The molecule has 12 heteroatoms. The molecule has 2 heterocycles. The number of rotatable bonds is 4. The molecule has 0 radical (unpaired) electrons. The molecule has 156 valence electrons. The van der Waals surface area contributed by atoms with Crippen molar-refractivity contribution in [2.24, 2.45) is 0 Å². The van der Waals surface area contributed by atoms with Crippen molar-refractivity contribution in [3.63, 3.8) is 0 Å². The van der Waals surface area contributed by atoms with Crippen molar-refractivity contribution in [2.75, 3.05) is 6.61 Å². The van der Waals surface area contributed by atoms with E-state index in [-0.39, 0.29) is 6.61 Å². The highest BCUT2D eigenvalue weighted by molar-refractivity contribution is 5.98. The lowest BCUT2D eigenvalue weighted by Gasteiger charge is -2.23. The van der Waals surface area contributed by atoms with Crippen LogP contribution in [0.4, 0.5) is 30.7 Å². The standard InChI is InChI=1S/C15H17F7O5/c1-12(2)5-24-11(27-12)9-8(25-13(3,4)26-9)7(23)6(16)10(17)14(18,19)15(20,21)22/h8-9,11H,5H2,1-4H3/b10-6+/t8-,9?,11-/m0/s1. The zero-order chi connectivity index (χ0) is 21.0. The Kier molecular flexibility index (Phi) is 5.45. The van der Waals surface area contributed by atoms with Gasteiger partial charge in [0.25, 0.3) is 0 Å². The lowest BCUT2D eigenvalue weighted by Crippen LogP contribution is -2.43. The number of ether oxygens (including phenoxy) is 4. The van der Waals surface area contributed by atoms with Crippen LogP contribution in [-0.4, -0.2) is 54.4 Å². The van der Waals surface area contributed by atoms with Crippen LogP contribution in [0.25, 0.3) is 0 Å². The van der Waals surface area contributed by atoms with E-state index in [4.69, 9.17) is 18.9 Å². The van der Waals surface area contributed by atoms with Gasteiger partial charge in [-0.15, -0.1) is 0 Å². The van der Waals surface area contributed by atoms with Gasteiger partial charge in [-0.2, -0.15) is 26.3 Å². The molecule has 27 heavy (non-hydrogen) atoms. The van der Waals surface area contributed by atoms with Gasteiger partial charge in [-0.05, 0) is 27.7 Å². The molecule has 2 rings (SSSR count). The average molecular weight is 410 g/mol. The molecule has 0 aromatic carbocycles. The Hall–Kier alpha value is -1.24. The number of hydrogen-bond donors (Lipinski definition) is 0. The van der Waals surface area contributed by atoms with Gasteiger partial charge < -0.3 is 18.9 Å². The summed E-state index contributed by atoms with van der Waals surface area (Å²) in [5.41, 5.74) is -0.836. The minimum atomic E-state index is -6.43. The molecule has 3 atom stereocenters. The highest BCUT2D eigenvalue weighted by atomic mass is 19.4. The van der Waals surface area contributed by atoms with Crippen molar-refractivity contribution in [2.45, 2.75) is 69.7 Å². The topological polar surface area (TPSA) is 54.0 Å². The predicted molar refractivity (Wildman–Crippen MR) is 74.0 cm³/mol. The smallest absolute Gasteiger partial charge is 0.347 e. The zero-order valence-corrected chi connectivity index (χ0v) is 14.6. The summed E-state index contributed by atoms with van der Waals surface area (Å²) < 4.78 is 111. The Morgan fingerprint density at radius 2 is 1.52 bits per heavy atom. The monoisotopic (exact) mass is 410 g/mol. The van der Waals surface area contributed by atoms with Gasteiger partial charge in [0.05, 0.1) is 12.2 Å². The van der Waals surface area contributed by atoms with Gasteiger partial charge in [0.15, 0.2) is 18.2 Å². The van der Waals surface area contributed by atoms with Crippen LogP contribution >= 0.6 is 0 Å². The number of allylic oxidation sites excluding steroid dienone is 1. The first-order valence-corrected chi connectivity index (χ1v) is 7.68. The van der Waals surface area contributed by atoms with Crippen molar-refractivity contribution in [1.82, 2.24) is 0 Å². The number of hydrogen-bond acceptors (Lipinski definition) is 5. The number of halogens is 7. The van der Waals surface area contributed by atoms with Gasteiger partial charge in [0.1, 0.15) is 6.10 Å². The van der Waals surface area contributed by atoms with Crippen LogP contribution in [0.1, 0.15) is 27.7 Å². The fraction of sp³-hybridized carbons (Fsp3) is 0.800. The maximum absolute atomic E-state index is 13.9. The van der Waals surface area contributed by atoms with E-state index >= 15 is 0 Å². The van der Waals surface area contributed by atoms with Crippen LogP contribution in [-0.2, 0) is 23.7 Å². The highest BCUT2D eigenvalue weighted by Gasteiger charge is 2.63. The zero-order valence-electron chi connectivity index (χ0n) is 14.6. The van der Waals surface area contributed by atoms with E-state index in [0.717, 1.165) is 0 Å². The van der Waals surface area contributed by atoms with E-state index in [1.807, 2.05) is 0 Å². The van der Waals surface area contributed by atoms with Gasteiger partial charge in [0.2, 0.25) is 17.4 Å². The largest absolute Gasteiger partial charge is 0.460 e. The number of carbonyl (C=O) groups is 1. The first kappa shape index (κ1) is 22.1. The van der Waals surface area contributed by atoms with Crippen LogP contribution in [0.15, 0.2) is 11.7 Å². The highest BCUT2D eigenvalue weighted by Crippen LogP contribution is 2.44. The molecule has 2 aliphatic heterocycles. The van der Waals surface area contributed by atoms with Crippen molar-refractivity contribution >= 4 is 5.78 Å². The molecular formula is C15H17F7O5. The number of ketones is 1. The van der Waals surface area contributed by atoms with E-state index in [2.05, 4.69) is 0 Å². The van der Waals surface area contributed by atoms with Crippen LogP contribution in [0.3, 0.4) is 0 Å². The second-order valence-corrected chi connectivity index (χ2v) is 7.14. The van der Waals surface area contributed by atoms with Crippen LogP contribution < -0.4 is 0 Å². The summed E-state index contributed by atoms with van der Waals surface area (Å²) in [6, 6.07) is 0. The maximum Gasteiger partial charge on any atom is 0.460 e. The van der Waals surface area contributed by atoms with Crippen molar-refractivity contribution in [1.29, 1.82) is 0 Å². The first-order valence-electron chi connectivity index (χ1n) is 7.68. The Labute approximate surface area is 149 Å². The van der Waals surface area contributed by atoms with E-state index in [1.54, 1.807) is 13.8 Å². The molecule has 0 aliphatic carbocycles. The fourth-order valence-electron chi connectivity index (χ4n) is 2.51. The van der Waals surface area contributed by atoms with Gasteiger partial charge in [-0.25, -0.2) is 4.39 Å². The maximum atomic E-state index is 13.9. The third-order valence-electron chi connectivity index (χ3n) is 3.73.